The van der Waals surface area contributed by atoms with Crippen LogP contribution in [0.2, 0.25) is 0 Å². The number of benzene rings is 1. The highest BCUT2D eigenvalue weighted by Gasteiger charge is 2.34. The number of pyridine rings is 1. The number of rotatable bonds is 5. The van der Waals surface area contributed by atoms with Gasteiger partial charge in [0, 0.05) is 12.0 Å². The molecule has 0 radical (unpaired) electrons. The SMILES string of the molecule is CO/N=C1/C[C@@H](CO)N(C(=O)c2ccc(-c3cccc(C)c3C)c(OC)n2)C1. The Morgan fingerprint density at radius 2 is 2.04 bits per heavy atom. The average Bonchev–Trinajstić information content (AvgIpc) is 3.12. The van der Waals surface area contributed by atoms with Gasteiger partial charge in [0.25, 0.3) is 5.91 Å². The maximum Gasteiger partial charge on any atom is 0.273 e. The number of oxime groups is 1. The van der Waals surface area contributed by atoms with Crippen LogP contribution in [0.1, 0.15) is 28.0 Å². The normalized spacial score (nSPS) is 17.8. The summed E-state index contributed by atoms with van der Waals surface area (Å²) in [5.74, 6) is 0.122. The monoisotopic (exact) mass is 383 g/mol. The quantitative estimate of drug-likeness (QED) is 0.803. The first kappa shape index (κ1) is 19.8. The van der Waals surface area contributed by atoms with Crippen molar-refractivity contribution in [1.29, 1.82) is 0 Å². The molecule has 148 valence electrons. The molecule has 3 rings (SSSR count). The van der Waals surface area contributed by atoms with Gasteiger partial charge in [-0.05, 0) is 42.7 Å². The summed E-state index contributed by atoms with van der Waals surface area (Å²) >= 11 is 0. The molecule has 0 saturated carbocycles. The van der Waals surface area contributed by atoms with Crippen LogP contribution in [-0.4, -0.2) is 60.0 Å². The Kier molecular flexibility index (Phi) is 5.94. The van der Waals surface area contributed by atoms with Crippen molar-refractivity contribution in [2.75, 3.05) is 27.4 Å². The Balaban J connectivity index is 1.95. The van der Waals surface area contributed by atoms with E-state index in [-0.39, 0.29) is 24.2 Å². The molecule has 0 spiro atoms. The lowest BCUT2D eigenvalue weighted by molar-refractivity contribution is 0.0673. The lowest BCUT2D eigenvalue weighted by atomic mass is 9.97. The predicted molar refractivity (Wildman–Crippen MR) is 107 cm³/mol. The molecule has 2 heterocycles. The fourth-order valence-corrected chi connectivity index (χ4v) is 3.48. The van der Waals surface area contributed by atoms with E-state index >= 15 is 0 Å². The van der Waals surface area contributed by atoms with Gasteiger partial charge >= 0.3 is 0 Å². The van der Waals surface area contributed by atoms with Crippen LogP contribution in [0.25, 0.3) is 11.1 Å². The molecular formula is C21H25N3O4. The van der Waals surface area contributed by atoms with E-state index in [2.05, 4.69) is 30.1 Å². The Hall–Kier alpha value is -2.93. The molecule has 1 aromatic heterocycles. The van der Waals surface area contributed by atoms with Gasteiger partial charge in [0.1, 0.15) is 12.8 Å². The van der Waals surface area contributed by atoms with E-state index in [1.54, 1.807) is 18.1 Å². The topological polar surface area (TPSA) is 84.2 Å². The summed E-state index contributed by atoms with van der Waals surface area (Å²) in [5, 5.41) is 13.6. The molecular weight excluding hydrogens is 358 g/mol. The van der Waals surface area contributed by atoms with Crippen molar-refractivity contribution in [3.63, 3.8) is 0 Å². The van der Waals surface area contributed by atoms with Crippen molar-refractivity contribution in [3.8, 4) is 17.0 Å². The third-order valence-electron chi connectivity index (χ3n) is 5.12. The molecule has 7 nitrogen and oxygen atoms in total. The molecule has 1 aromatic carbocycles. The van der Waals surface area contributed by atoms with E-state index in [1.165, 1.54) is 12.7 Å². The first-order chi connectivity index (χ1) is 13.5. The first-order valence-corrected chi connectivity index (χ1v) is 9.12. The van der Waals surface area contributed by atoms with Crippen molar-refractivity contribution < 1.29 is 19.5 Å². The number of ether oxygens (including phenoxy) is 1. The van der Waals surface area contributed by atoms with Crippen molar-refractivity contribution in [3.05, 3.63) is 47.2 Å². The Labute approximate surface area is 164 Å². The summed E-state index contributed by atoms with van der Waals surface area (Å²) in [6, 6.07) is 9.27. The third kappa shape index (κ3) is 3.71. The van der Waals surface area contributed by atoms with Gasteiger partial charge in [-0.3, -0.25) is 4.79 Å². The maximum atomic E-state index is 13.0. The lowest BCUT2D eigenvalue weighted by Gasteiger charge is -2.22. The van der Waals surface area contributed by atoms with Crippen LogP contribution in [0, 0.1) is 13.8 Å². The second-order valence-corrected chi connectivity index (χ2v) is 6.81. The van der Waals surface area contributed by atoms with Gasteiger partial charge in [0.05, 0.1) is 32.0 Å². The zero-order valence-electron chi connectivity index (χ0n) is 16.6. The van der Waals surface area contributed by atoms with E-state index < -0.39 is 0 Å². The number of hydrogen-bond acceptors (Lipinski definition) is 6. The molecule has 1 aliphatic rings. The van der Waals surface area contributed by atoms with Crippen LogP contribution in [0.15, 0.2) is 35.5 Å². The standard InChI is InChI=1S/C21H25N3O4/c1-13-6-5-7-17(14(13)2)18-8-9-19(22-20(18)27-3)21(26)24-11-15(23-28-4)10-16(24)12-25/h5-9,16,25H,10-12H2,1-4H3/b23-15-/t16-/m0/s1. The van der Waals surface area contributed by atoms with Crippen LogP contribution in [0.5, 0.6) is 5.88 Å². The van der Waals surface area contributed by atoms with Gasteiger partial charge in [-0.2, -0.15) is 0 Å². The predicted octanol–water partition coefficient (Wildman–Crippen LogP) is 2.58. The van der Waals surface area contributed by atoms with Gasteiger partial charge in [-0.25, -0.2) is 4.98 Å². The number of aliphatic hydroxyl groups is 1. The molecule has 0 unspecified atom stereocenters. The number of carbonyl (C=O) groups excluding carboxylic acids is 1. The van der Waals surface area contributed by atoms with Crippen molar-refractivity contribution in [1.82, 2.24) is 9.88 Å². The zero-order chi connectivity index (χ0) is 20.3. The van der Waals surface area contributed by atoms with Gasteiger partial charge in [0.15, 0.2) is 0 Å². The van der Waals surface area contributed by atoms with Crippen LogP contribution >= 0.6 is 0 Å². The fraction of sp³-hybridized carbons (Fsp3) is 0.381. The number of amides is 1. The summed E-state index contributed by atoms with van der Waals surface area (Å²) < 4.78 is 5.49. The minimum atomic E-state index is -0.340. The molecule has 0 aliphatic carbocycles. The molecule has 28 heavy (non-hydrogen) atoms. The highest BCUT2D eigenvalue weighted by Crippen LogP contribution is 2.32. The Morgan fingerprint density at radius 1 is 1.25 bits per heavy atom. The number of methoxy groups -OCH3 is 1. The molecule has 1 saturated heterocycles. The summed E-state index contributed by atoms with van der Waals surface area (Å²) in [6.07, 6.45) is 0.480. The van der Waals surface area contributed by atoms with Crippen LogP contribution in [-0.2, 0) is 4.84 Å². The van der Waals surface area contributed by atoms with Crippen molar-refractivity contribution >= 4 is 11.6 Å². The number of aryl methyl sites for hydroxylation is 1. The molecule has 1 atom stereocenters. The summed E-state index contributed by atoms with van der Waals surface area (Å²) in [5.41, 5.74) is 5.15. The minimum absolute atomic E-state index is 0.147. The van der Waals surface area contributed by atoms with Crippen molar-refractivity contribution in [2.45, 2.75) is 26.3 Å². The number of likely N-dealkylation sites (tertiary alicyclic amines) is 1. The minimum Gasteiger partial charge on any atom is -0.481 e. The van der Waals surface area contributed by atoms with E-state index in [4.69, 9.17) is 9.57 Å². The molecule has 7 heteroatoms. The first-order valence-electron chi connectivity index (χ1n) is 9.12. The van der Waals surface area contributed by atoms with E-state index in [0.717, 1.165) is 16.7 Å². The Morgan fingerprint density at radius 3 is 2.71 bits per heavy atom. The fourth-order valence-electron chi connectivity index (χ4n) is 3.48. The van der Waals surface area contributed by atoms with Crippen molar-refractivity contribution in [2.24, 2.45) is 5.16 Å². The third-order valence-corrected chi connectivity index (χ3v) is 5.12. The summed E-state index contributed by atoms with van der Waals surface area (Å²) in [6.45, 7) is 4.26. The van der Waals surface area contributed by atoms with Crippen LogP contribution in [0.4, 0.5) is 0 Å². The van der Waals surface area contributed by atoms with Gasteiger partial charge in [-0.1, -0.05) is 23.4 Å². The van der Waals surface area contributed by atoms with Crippen LogP contribution in [0.3, 0.4) is 0 Å². The smallest absolute Gasteiger partial charge is 0.273 e. The largest absolute Gasteiger partial charge is 0.481 e. The molecule has 1 fully saturated rings. The second-order valence-electron chi connectivity index (χ2n) is 6.81. The van der Waals surface area contributed by atoms with E-state index in [9.17, 15) is 9.90 Å². The zero-order valence-corrected chi connectivity index (χ0v) is 16.6. The van der Waals surface area contributed by atoms with Crippen LogP contribution < -0.4 is 4.74 Å². The number of aliphatic hydroxyl groups excluding tert-OH is 1. The number of hydrogen-bond donors (Lipinski definition) is 1. The number of aromatic nitrogens is 1. The number of carbonyl (C=O) groups is 1. The van der Waals surface area contributed by atoms with E-state index in [0.29, 0.717) is 24.6 Å². The average molecular weight is 383 g/mol. The van der Waals surface area contributed by atoms with Gasteiger partial charge in [-0.15, -0.1) is 0 Å². The maximum absolute atomic E-state index is 13.0. The molecule has 1 aliphatic heterocycles. The summed E-state index contributed by atoms with van der Waals surface area (Å²) in [7, 11) is 3.00. The van der Waals surface area contributed by atoms with Gasteiger partial charge < -0.3 is 19.6 Å². The van der Waals surface area contributed by atoms with E-state index in [1.807, 2.05) is 18.2 Å². The molecule has 2 aromatic rings. The highest BCUT2D eigenvalue weighted by molar-refractivity contribution is 5.99. The number of nitrogens with zero attached hydrogens (tertiary/aromatic N) is 3. The molecule has 1 N–H and O–H groups in total. The Bertz CT molecular complexity index is 911. The van der Waals surface area contributed by atoms with Gasteiger partial charge in [0.2, 0.25) is 5.88 Å². The molecule has 0 bridgehead atoms. The lowest BCUT2D eigenvalue weighted by Crippen LogP contribution is -2.38. The molecule has 1 amide bonds. The second kappa shape index (κ2) is 8.39. The highest BCUT2D eigenvalue weighted by atomic mass is 16.6. The summed E-state index contributed by atoms with van der Waals surface area (Å²) in [4.78, 5) is 23.8.